The SMILES string of the molecule is COc1ccc(-c2coc(SC)c2)o1. The molecule has 0 aliphatic heterocycles. The molecule has 3 nitrogen and oxygen atoms in total. The molecule has 0 fully saturated rings. The number of thioether (sulfide) groups is 1. The smallest absolute Gasteiger partial charge is 0.284 e. The van der Waals surface area contributed by atoms with E-state index in [1.165, 1.54) is 0 Å². The van der Waals surface area contributed by atoms with Crippen LogP contribution >= 0.6 is 11.8 Å². The maximum Gasteiger partial charge on any atom is 0.284 e. The summed E-state index contributed by atoms with van der Waals surface area (Å²) in [6.07, 6.45) is 3.63. The number of furan rings is 2. The predicted molar refractivity (Wildman–Crippen MR) is 54.7 cm³/mol. The molecule has 2 aromatic rings. The first-order valence-electron chi connectivity index (χ1n) is 4.10. The van der Waals surface area contributed by atoms with Crippen LogP contribution in [0, 0.1) is 0 Å². The van der Waals surface area contributed by atoms with Gasteiger partial charge in [-0.25, -0.2) is 0 Å². The van der Waals surface area contributed by atoms with Crippen molar-refractivity contribution in [3.63, 3.8) is 0 Å². The third-order valence-corrected chi connectivity index (χ3v) is 2.46. The van der Waals surface area contributed by atoms with E-state index in [9.17, 15) is 0 Å². The van der Waals surface area contributed by atoms with E-state index in [1.807, 2.05) is 18.4 Å². The summed E-state index contributed by atoms with van der Waals surface area (Å²) in [5.74, 6) is 1.26. The predicted octanol–water partition coefficient (Wildman–Crippen LogP) is 3.27. The van der Waals surface area contributed by atoms with Gasteiger partial charge in [0.05, 0.1) is 12.7 Å². The minimum absolute atomic E-state index is 0.506. The van der Waals surface area contributed by atoms with Crippen molar-refractivity contribution in [1.82, 2.24) is 0 Å². The molecule has 0 saturated carbocycles. The van der Waals surface area contributed by atoms with Gasteiger partial charge in [0.15, 0.2) is 5.09 Å². The Labute approximate surface area is 86.0 Å². The summed E-state index contributed by atoms with van der Waals surface area (Å²) in [6, 6.07) is 5.57. The normalized spacial score (nSPS) is 10.4. The zero-order valence-corrected chi connectivity index (χ0v) is 8.76. The summed E-state index contributed by atoms with van der Waals surface area (Å²) in [7, 11) is 1.57. The molecule has 2 aromatic heterocycles. The molecule has 0 unspecified atom stereocenters. The van der Waals surface area contributed by atoms with Crippen molar-refractivity contribution in [1.29, 1.82) is 0 Å². The highest BCUT2D eigenvalue weighted by Gasteiger charge is 2.08. The Morgan fingerprint density at radius 2 is 2.21 bits per heavy atom. The highest BCUT2D eigenvalue weighted by Crippen LogP contribution is 2.29. The molecule has 0 saturated heterocycles. The van der Waals surface area contributed by atoms with Gasteiger partial charge >= 0.3 is 0 Å². The summed E-state index contributed by atoms with van der Waals surface area (Å²) in [4.78, 5) is 0. The molecule has 0 aromatic carbocycles. The van der Waals surface area contributed by atoms with Gasteiger partial charge in [0, 0.05) is 12.1 Å². The van der Waals surface area contributed by atoms with Gasteiger partial charge in [-0.15, -0.1) is 0 Å². The molecular weight excluding hydrogens is 200 g/mol. The third kappa shape index (κ3) is 1.65. The van der Waals surface area contributed by atoms with Crippen LogP contribution in [-0.2, 0) is 0 Å². The fourth-order valence-electron chi connectivity index (χ4n) is 1.14. The van der Waals surface area contributed by atoms with E-state index in [4.69, 9.17) is 13.6 Å². The average Bonchev–Trinajstić information content (AvgIpc) is 2.86. The molecule has 2 heterocycles. The van der Waals surface area contributed by atoms with E-state index in [2.05, 4.69) is 0 Å². The van der Waals surface area contributed by atoms with Crippen molar-refractivity contribution in [2.75, 3.05) is 13.4 Å². The first-order chi connectivity index (χ1) is 6.83. The largest absolute Gasteiger partial charge is 0.468 e. The van der Waals surface area contributed by atoms with Crippen molar-refractivity contribution in [2.24, 2.45) is 0 Å². The van der Waals surface area contributed by atoms with Crippen LogP contribution in [0.25, 0.3) is 11.3 Å². The van der Waals surface area contributed by atoms with Crippen molar-refractivity contribution in [3.05, 3.63) is 24.5 Å². The molecule has 0 bridgehead atoms. The Bertz CT molecular complexity index is 376. The van der Waals surface area contributed by atoms with E-state index in [0.29, 0.717) is 5.95 Å². The molecule has 0 spiro atoms. The maximum atomic E-state index is 5.39. The first kappa shape index (κ1) is 9.27. The van der Waals surface area contributed by atoms with Gasteiger partial charge < -0.3 is 13.6 Å². The van der Waals surface area contributed by atoms with Crippen LogP contribution in [0.5, 0.6) is 5.95 Å². The van der Waals surface area contributed by atoms with Gasteiger partial charge in [-0.1, -0.05) is 11.8 Å². The van der Waals surface area contributed by atoms with Gasteiger partial charge in [-0.05, 0) is 12.3 Å². The standard InChI is InChI=1S/C10H10O3S/c1-11-9-4-3-8(13-9)7-5-10(14-2)12-6-7/h3-6H,1-2H3. The molecular formula is C10H10O3S. The Morgan fingerprint density at radius 1 is 1.36 bits per heavy atom. The fourth-order valence-corrected chi connectivity index (χ4v) is 1.53. The maximum absolute atomic E-state index is 5.39. The van der Waals surface area contributed by atoms with Crippen molar-refractivity contribution in [2.45, 2.75) is 5.09 Å². The number of rotatable bonds is 3. The molecule has 0 N–H and O–H groups in total. The summed E-state index contributed by atoms with van der Waals surface area (Å²) >= 11 is 1.56. The molecule has 4 heteroatoms. The Kier molecular flexibility index (Phi) is 2.54. The van der Waals surface area contributed by atoms with Gasteiger partial charge in [0.2, 0.25) is 0 Å². The van der Waals surface area contributed by atoms with Gasteiger partial charge in [-0.2, -0.15) is 0 Å². The molecule has 14 heavy (non-hydrogen) atoms. The topological polar surface area (TPSA) is 35.5 Å². The Morgan fingerprint density at radius 3 is 2.79 bits per heavy atom. The molecule has 0 amide bonds. The lowest BCUT2D eigenvalue weighted by Gasteiger charge is -1.90. The summed E-state index contributed by atoms with van der Waals surface area (Å²) in [5.41, 5.74) is 0.928. The molecule has 0 aliphatic carbocycles. The number of hydrogen-bond acceptors (Lipinski definition) is 4. The summed E-state index contributed by atoms with van der Waals surface area (Å²) in [6.45, 7) is 0. The van der Waals surface area contributed by atoms with Gasteiger partial charge in [0.25, 0.3) is 5.95 Å². The highest BCUT2D eigenvalue weighted by molar-refractivity contribution is 7.98. The van der Waals surface area contributed by atoms with Crippen molar-refractivity contribution >= 4 is 11.8 Å². The van der Waals surface area contributed by atoms with Crippen LogP contribution in [0.4, 0.5) is 0 Å². The minimum atomic E-state index is 0.506. The molecule has 0 atom stereocenters. The highest BCUT2D eigenvalue weighted by atomic mass is 32.2. The fraction of sp³-hybridized carbons (Fsp3) is 0.200. The van der Waals surface area contributed by atoms with Crippen LogP contribution in [0.2, 0.25) is 0 Å². The lowest BCUT2D eigenvalue weighted by atomic mass is 10.3. The molecule has 74 valence electrons. The lowest BCUT2D eigenvalue weighted by Crippen LogP contribution is -1.75. The van der Waals surface area contributed by atoms with Crippen LogP contribution in [0.3, 0.4) is 0 Å². The second kappa shape index (κ2) is 3.84. The lowest BCUT2D eigenvalue weighted by molar-refractivity contribution is 0.309. The average molecular weight is 210 g/mol. The Hall–Kier alpha value is -1.29. The Balaban J connectivity index is 2.29. The molecule has 2 rings (SSSR count). The van der Waals surface area contributed by atoms with E-state index in [1.54, 1.807) is 31.2 Å². The van der Waals surface area contributed by atoms with E-state index in [0.717, 1.165) is 16.4 Å². The first-order valence-corrected chi connectivity index (χ1v) is 5.32. The summed E-state index contributed by atoms with van der Waals surface area (Å²) in [5, 5.41) is 0.871. The van der Waals surface area contributed by atoms with Gasteiger partial charge in [0.1, 0.15) is 12.0 Å². The zero-order valence-electron chi connectivity index (χ0n) is 7.94. The van der Waals surface area contributed by atoms with E-state index < -0.39 is 0 Å². The van der Waals surface area contributed by atoms with E-state index in [-0.39, 0.29) is 0 Å². The minimum Gasteiger partial charge on any atom is -0.468 e. The van der Waals surface area contributed by atoms with E-state index >= 15 is 0 Å². The van der Waals surface area contributed by atoms with Crippen LogP contribution in [0.1, 0.15) is 0 Å². The second-order valence-corrected chi connectivity index (χ2v) is 3.49. The van der Waals surface area contributed by atoms with Crippen LogP contribution in [0.15, 0.2) is 38.4 Å². The monoisotopic (exact) mass is 210 g/mol. The number of methoxy groups -OCH3 is 1. The number of hydrogen-bond donors (Lipinski definition) is 0. The number of ether oxygens (including phenoxy) is 1. The van der Waals surface area contributed by atoms with Crippen LogP contribution in [-0.4, -0.2) is 13.4 Å². The third-order valence-electron chi connectivity index (χ3n) is 1.84. The second-order valence-electron chi connectivity index (χ2n) is 2.68. The van der Waals surface area contributed by atoms with Crippen molar-refractivity contribution in [3.8, 4) is 17.3 Å². The zero-order chi connectivity index (χ0) is 9.97. The van der Waals surface area contributed by atoms with Gasteiger partial charge in [-0.3, -0.25) is 0 Å². The summed E-state index contributed by atoms with van der Waals surface area (Å²) < 4.78 is 15.6. The molecule has 0 aliphatic rings. The molecule has 0 radical (unpaired) electrons. The van der Waals surface area contributed by atoms with Crippen molar-refractivity contribution < 1.29 is 13.6 Å². The quantitative estimate of drug-likeness (QED) is 0.728. The van der Waals surface area contributed by atoms with Crippen LogP contribution < -0.4 is 4.74 Å².